The zero-order valence-corrected chi connectivity index (χ0v) is 9.88. The smallest absolute Gasteiger partial charge is 0.248 e. The summed E-state index contributed by atoms with van der Waals surface area (Å²) < 4.78 is 5.57. The van der Waals surface area contributed by atoms with Gasteiger partial charge in [-0.25, -0.2) is 0 Å². The molecule has 0 fully saturated rings. The third-order valence-corrected chi connectivity index (χ3v) is 2.54. The van der Waals surface area contributed by atoms with Gasteiger partial charge in [-0.2, -0.15) is 0 Å². The summed E-state index contributed by atoms with van der Waals surface area (Å²) >= 11 is 0. The number of carbonyl (C=O) groups is 1. The van der Waals surface area contributed by atoms with E-state index >= 15 is 0 Å². The minimum absolute atomic E-state index is 0.0656. The molecule has 0 heterocycles. The Morgan fingerprint density at radius 2 is 1.89 bits per heavy atom. The van der Waals surface area contributed by atoms with Crippen molar-refractivity contribution in [3.8, 4) is 17.2 Å². The number of para-hydroxylation sites is 2. The average molecular weight is 243 g/mol. The second-order valence-electron chi connectivity index (χ2n) is 3.91. The van der Waals surface area contributed by atoms with Crippen molar-refractivity contribution in [3.05, 3.63) is 53.6 Å². The maximum absolute atomic E-state index is 11.0. The first-order valence-corrected chi connectivity index (χ1v) is 5.44. The summed E-state index contributed by atoms with van der Waals surface area (Å²) in [6, 6.07) is 11.6. The normalized spacial score (nSPS) is 10.1. The van der Waals surface area contributed by atoms with Crippen molar-refractivity contribution in [1.29, 1.82) is 0 Å². The highest BCUT2D eigenvalue weighted by Crippen LogP contribution is 2.31. The molecule has 2 aromatic rings. The van der Waals surface area contributed by atoms with E-state index in [4.69, 9.17) is 10.5 Å². The maximum atomic E-state index is 11.0. The van der Waals surface area contributed by atoms with E-state index in [-0.39, 0.29) is 5.75 Å². The van der Waals surface area contributed by atoms with Gasteiger partial charge in [0.25, 0.3) is 0 Å². The second-order valence-corrected chi connectivity index (χ2v) is 3.91. The standard InChI is InChI=1S/C14H13NO3/c1-9-8-10(14(15)17)6-7-12(9)18-13-5-3-2-4-11(13)16/h2-8,16H,1H3,(H2,15,17). The number of aromatic hydroxyl groups is 1. The Balaban J connectivity index is 2.30. The van der Waals surface area contributed by atoms with Crippen molar-refractivity contribution in [3.63, 3.8) is 0 Å². The molecule has 0 spiro atoms. The number of hydrogen-bond acceptors (Lipinski definition) is 3. The fraction of sp³-hybridized carbons (Fsp3) is 0.0714. The van der Waals surface area contributed by atoms with Crippen LogP contribution in [0.3, 0.4) is 0 Å². The van der Waals surface area contributed by atoms with Crippen LogP contribution in [-0.4, -0.2) is 11.0 Å². The van der Waals surface area contributed by atoms with Gasteiger partial charge in [0.15, 0.2) is 11.5 Å². The largest absolute Gasteiger partial charge is 0.504 e. The van der Waals surface area contributed by atoms with Crippen molar-refractivity contribution in [2.45, 2.75) is 6.92 Å². The quantitative estimate of drug-likeness (QED) is 0.870. The number of hydrogen-bond donors (Lipinski definition) is 2. The molecule has 0 bridgehead atoms. The number of primary amides is 1. The molecule has 0 radical (unpaired) electrons. The fourth-order valence-electron chi connectivity index (χ4n) is 1.58. The molecule has 0 aliphatic heterocycles. The first-order valence-electron chi connectivity index (χ1n) is 5.44. The molecule has 0 saturated heterocycles. The van der Waals surface area contributed by atoms with Crippen molar-refractivity contribution in [2.75, 3.05) is 0 Å². The number of carbonyl (C=O) groups excluding carboxylic acids is 1. The molecule has 2 rings (SSSR count). The summed E-state index contributed by atoms with van der Waals surface area (Å²) in [6.45, 7) is 1.81. The predicted octanol–water partition coefficient (Wildman–Crippen LogP) is 2.59. The number of phenols is 1. The summed E-state index contributed by atoms with van der Waals surface area (Å²) in [6.07, 6.45) is 0. The van der Waals surface area contributed by atoms with Crippen LogP contribution >= 0.6 is 0 Å². The van der Waals surface area contributed by atoms with Crippen LogP contribution in [0.1, 0.15) is 15.9 Å². The highest BCUT2D eigenvalue weighted by molar-refractivity contribution is 5.93. The van der Waals surface area contributed by atoms with Gasteiger partial charge >= 0.3 is 0 Å². The van der Waals surface area contributed by atoms with Gasteiger partial charge in [-0.05, 0) is 42.8 Å². The lowest BCUT2D eigenvalue weighted by molar-refractivity contribution is 0.1000. The van der Waals surface area contributed by atoms with Crippen LogP contribution in [0.4, 0.5) is 0 Å². The molecule has 92 valence electrons. The second kappa shape index (κ2) is 4.79. The summed E-state index contributed by atoms with van der Waals surface area (Å²) in [5, 5.41) is 9.61. The minimum Gasteiger partial charge on any atom is -0.504 e. The van der Waals surface area contributed by atoms with Crippen LogP contribution in [-0.2, 0) is 0 Å². The summed E-state index contributed by atoms with van der Waals surface area (Å²) in [7, 11) is 0. The highest BCUT2D eigenvalue weighted by atomic mass is 16.5. The molecule has 18 heavy (non-hydrogen) atoms. The molecule has 4 heteroatoms. The third-order valence-electron chi connectivity index (χ3n) is 2.54. The van der Waals surface area contributed by atoms with Crippen molar-refractivity contribution < 1.29 is 14.6 Å². The SMILES string of the molecule is Cc1cc(C(N)=O)ccc1Oc1ccccc1O. The zero-order valence-electron chi connectivity index (χ0n) is 9.88. The van der Waals surface area contributed by atoms with E-state index < -0.39 is 5.91 Å². The van der Waals surface area contributed by atoms with E-state index in [1.54, 1.807) is 42.5 Å². The van der Waals surface area contributed by atoms with Gasteiger partial charge in [-0.15, -0.1) is 0 Å². The van der Waals surface area contributed by atoms with Gasteiger partial charge < -0.3 is 15.6 Å². The number of amides is 1. The Morgan fingerprint density at radius 3 is 2.50 bits per heavy atom. The van der Waals surface area contributed by atoms with Gasteiger partial charge in [-0.1, -0.05) is 12.1 Å². The van der Waals surface area contributed by atoms with Gasteiger partial charge in [0.2, 0.25) is 5.91 Å². The molecule has 3 N–H and O–H groups in total. The van der Waals surface area contributed by atoms with Gasteiger partial charge in [0.05, 0.1) is 0 Å². The lowest BCUT2D eigenvalue weighted by Crippen LogP contribution is -2.10. The third kappa shape index (κ3) is 2.43. The molecule has 2 aromatic carbocycles. The number of ether oxygens (including phenoxy) is 1. The molecule has 0 aliphatic carbocycles. The fourth-order valence-corrected chi connectivity index (χ4v) is 1.58. The van der Waals surface area contributed by atoms with E-state index in [9.17, 15) is 9.90 Å². The molecule has 0 atom stereocenters. The minimum atomic E-state index is -0.479. The van der Waals surface area contributed by atoms with Gasteiger partial charge in [0, 0.05) is 5.56 Å². The molecule has 0 saturated carbocycles. The average Bonchev–Trinajstić information content (AvgIpc) is 2.34. The molecule has 0 aliphatic rings. The predicted molar refractivity (Wildman–Crippen MR) is 67.9 cm³/mol. The van der Waals surface area contributed by atoms with Crippen LogP contribution in [0, 0.1) is 6.92 Å². The number of nitrogens with two attached hydrogens (primary N) is 1. The van der Waals surface area contributed by atoms with E-state index in [1.807, 2.05) is 6.92 Å². The van der Waals surface area contributed by atoms with Gasteiger partial charge in [0.1, 0.15) is 5.75 Å². The summed E-state index contributed by atoms with van der Waals surface area (Å²) in [5.41, 5.74) is 6.39. The Labute approximate surface area is 105 Å². The van der Waals surface area contributed by atoms with Gasteiger partial charge in [-0.3, -0.25) is 4.79 Å². The van der Waals surface area contributed by atoms with Crippen molar-refractivity contribution in [1.82, 2.24) is 0 Å². The molecule has 1 amide bonds. The highest BCUT2D eigenvalue weighted by Gasteiger charge is 2.07. The topological polar surface area (TPSA) is 72.6 Å². The van der Waals surface area contributed by atoms with E-state index in [2.05, 4.69) is 0 Å². The van der Waals surface area contributed by atoms with Crippen LogP contribution in [0.25, 0.3) is 0 Å². The lowest BCUT2D eigenvalue weighted by atomic mass is 10.1. The van der Waals surface area contributed by atoms with Crippen LogP contribution in [0.15, 0.2) is 42.5 Å². The van der Waals surface area contributed by atoms with E-state index in [0.29, 0.717) is 17.1 Å². The van der Waals surface area contributed by atoms with Crippen LogP contribution in [0.5, 0.6) is 17.2 Å². The molecular formula is C14H13NO3. The van der Waals surface area contributed by atoms with Crippen LogP contribution < -0.4 is 10.5 Å². The Morgan fingerprint density at radius 1 is 1.17 bits per heavy atom. The molecule has 0 aromatic heterocycles. The Bertz CT molecular complexity index is 593. The number of rotatable bonds is 3. The van der Waals surface area contributed by atoms with Crippen LogP contribution in [0.2, 0.25) is 0 Å². The Kier molecular flexibility index (Phi) is 3.19. The van der Waals surface area contributed by atoms with Crippen molar-refractivity contribution >= 4 is 5.91 Å². The lowest BCUT2D eigenvalue weighted by Gasteiger charge is -2.10. The zero-order chi connectivity index (χ0) is 13.1. The number of benzene rings is 2. The monoisotopic (exact) mass is 243 g/mol. The number of phenolic OH excluding ortho intramolecular Hbond substituents is 1. The summed E-state index contributed by atoms with van der Waals surface area (Å²) in [4.78, 5) is 11.0. The first kappa shape index (κ1) is 12.0. The Hall–Kier alpha value is -2.49. The summed E-state index contributed by atoms with van der Waals surface area (Å²) in [5.74, 6) is 0.525. The first-order chi connectivity index (χ1) is 8.58. The molecule has 4 nitrogen and oxygen atoms in total. The molecule has 0 unspecified atom stereocenters. The number of aryl methyl sites for hydroxylation is 1. The molecular weight excluding hydrogens is 230 g/mol. The van der Waals surface area contributed by atoms with E-state index in [1.165, 1.54) is 0 Å². The van der Waals surface area contributed by atoms with E-state index in [0.717, 1.165) is 5.56 Å². The maximum Gasteiger partial charge on any atom is 0.248 e. The van der Waals surface area contributed by atoms with Crippen molar-refractivity contribution in [2.24, 2.45) is 5.73 Å².